The maximum absolute atomic E-state index is 12.2. The predicted octanol–water partition coefficient (Wildman–Crippen LogP) is -0.175. The van der Waals surface area contributed by atoms with Crippen LogP contribution in [0.2, 0.25) is 0 Å². The summed E-state index contributed by atoms with van der Waals surface area (Å²) in [5.74, 6) is 0.790. The Bertz CT molecular complexity index is 245. The van der Waals surface area contributed by atoms with Gasteiger partial charge in [0.25, 0.3) is 0 Å². The van der Waals surface area contributed by atoms with Crippen LogP contribution in [0, 0.1) is 11.8 Å². The molecule has 0 aliphatic carbocycles. The van der Waals surface area contributed by atoms with Gasteiger partial charge in [0, 0.05) is 13.1 Å². The normalized spacial score (nSPS) is 36.1. The van der Waals surface area contributed by atoms with Crippen molar-refractivity contribution >= 4 is 5.91 Å². The number of aliphatic hydroxyl groups excluding tert-OH is 1. The number of hydrogen-bond donors (Lipinski definition) is 2. The van der Waals surface area contributed by atoms with Gasteiger partial charge in [-0.2, -0.15) is 0 Å². The lowest BCUT2D eigenvalue weighted by Crippen LogP contribution is -2.43. The summed E-state index contributed by atoms with van der Waals surface area (Å²) in [6, 6.07) is 0.0744. The summed E-state index contributed by atoms with van der Waals surface area (Å²) < 4.78 is 0. The molecule has 0 saturated carbocycles. The largest absolute Gasteiger partial charge is 0.394 e. The average Bonchev–Trinajstić information content (AvgIpc) is 2.84. The van der Waals surface area contributed by atoms with Crippen LogP contribution in [0.15, 0.2) is 0 Å². The van der Waals surface area contributed by atoms with Gasteiger partial charge in [-0.25, -0.2) is 0 Å². The number of carbonyl (C=O) groups excluding carboxylic acids is 1. The van der Waals surface area contributed by atoms with Crippen molar-refractivity contribution in [2.24, 2.45) is 11.8 Å². The molecule has 86 valence electrons. The van der Waals surface area contributed by atoms with E-state index in [1.54, 1.807) is 0 Å². The van der Waals surface area contributed by atoms with Gasteiger partial charge in [-0.15, -0.1) is 0 Å². The van der Waals surface area contributed by atoms with Gasteiger partial charge in [0.05, 0.1) is 18.6 Å². The molecule has 0 aromatic rings. The Hall–Kier alpha value is -0.610. The minimum Gasteiger partial charge on any atom is -0.394 e. The number of carbonyl (C=O) groups is 1. The van der Waals surface area contributed by atoms with Crippen LogP contribution in [0.4, 0.5) is 0 Å². The fourth-order valence-electron chi connectivity index (χ4n) is 2.67. The molecule has 0 bridgehead atoms. The molecule has 2 N–H and O–H groups in total. The molecular formula is C11H20N2O2. The minimum atomic E-state index is 0.0744. The van der Waals surface area contributed by atoms with Gasteiger partial charge < -0.3 is 15.3 Å². The summed E-state index contributed by atoms with van der Waals surface area (Å²) in [6.45, 7) is 4.79. The van der Waals surface area contributed by atoms with E-state index in [1.807, 2.05) is 4.90 Å². The second-order valence-electron chi connectivity index (χ2n) is 4.75. The van der Waals surface area contributed by atoms with Crippen molar-refractivity contribution < 1.29 is 9.90 Å². The first kappa shape index (κ1) is 10.9. The zero-order valence-corrected chi connectivity index (χ0v) is 9.28. The van der Waals surface area contributed by atoms with Gasteiger partial charge >= 0.3 is 0 Å². The molecule has 15 heavy (non-hydrogen) atoms. The Kier molecular flexibility index (Phi) is 3.26. The summed E-state index contributed by atoms with van der Waals surface area (Å²) in [5.41, 5.74) is 0. The highest BCUT2D eigenvalue weighted by atomic mass is 16.3. The molecule has 0 spiro atoms. The zero-order valence-electron chi connectivity index (χ0n) is 9.28. The van der Waals surface area contributed by atoms with Crippen LogP contribution in [0.3, 0.4) is 0 Å². The predicted molar refractivity (Wildman–Crippen MR) is 57.3 cm³/mol. The number of nitrogens with one attached hydrogen (secondary N) is 1. The number of amides is 1. The molecule has 2 fully saturated rings. The number of nitrogens with zero attached hydrogens (tertiary/aromatic N) is 1. The molecular weight excluding hydrogens is 192 g/mol. The third-order valence-corrected chi connectivity index (χ3v) is 3.71. The smallest absolute Gasteiger partial charge is 0.227 e. The molecule has 2 heterocycles. The highest BCUT2D eigenvalue weighted by molar-refractivity contribution is 5.80. The van der Waals surface area contributed by atoms with E-state index in [1.165, 1.54) is 0 Å². The Morgan fingerprint density at radius 2 is 2.33 bits per heavy atom. The van der Waals surface area contributed by atoms with E-state index in [0.29, 0.717) is 5.92 Å². The van der Waals surface area contributed by atoms with Crippen molar-refractivity contribution in [3.8, 4) is 0 Å². The van der Waals surface area contributed by atoms with Crippen LogP contribution in [0.5, 0.6) is 0 Å². The summed E-state index contributed by atoms with van der Waals surface area (Å²) in [5, 5.41) is 12.4. The zero-order chi connectivity index (χ0) is 10.8. The van der Waals surface area contributed by atoms with Crippen LogP contribution < -0.4 is 5.32 Å². The topological polar surface area (TPSA) is 52.6 Å². The molecule has 0 aromatic carbocycles. The quantitative estimate of drug-likeness (QED) is 0.668. The fourth-order valence-corrected chi connectivity index (χ4v) is 2.67. The van der Waals surface area contributed by atoms with Crippen molar-refractivity contribution in [3.05, 3.63) is 0 Å². The summed E-state index contributed by atoms with van der Waals surface area (Å²) >= 11 is 0. The molecule has 0 unspecified atom stereocenters. The van der Waals surface area contributed by atoms with Crippen LogP contribution in [-0.2, 0) is 4.79 Å². The van der Waals surface area contributed by atoms with Gasteiger partial charge in [-0.3, -0.25) is 4.79 Å². The summed E-state index contributed by atoms with van der Waals surface area (Å²) in [4.78, 5) is 14.1. The summed E-state index contributed by atoms with van der Waals surface area (Å²) in [6.07, 6.45) is 1.99. The second-order valence-corrected chi connectivity index (χ2v) is 4.75. The SMILES string of the molecule is C[C@@H]1CNC[C@H]1C(=O)N1CCC[C@H]1CO. The molecule has 1 amide bonds. The first-order valence-corrected chi connectivity index (χ1v) is 5.86. The Morgan fingerprint density at radius 3 is 2.93 bits per heavy atom. The molecule has 4 nitrogen and oxygen atoms in total. The van der Waals surface area contributed by atoms with Crippen LogP contribution in [0.25, 0.3) is 0 Å². The number of likely N-dealkylation sites (tertiary alicyclic amines) is 1. The maximum Gasteiger partial charge on any atom is 0.227 e. The van der Waals surface area contributed by atoms with Crippen LogP contribution >= 0.6 is 0 Å². The molecule has 2 aliphatic rings. The van der Waals surface area contributed by atoms with E-state index in [9.17, 15) is 9.90 Å². The highest BCUT2D eigenvalue weighted by Crippen LogP contribution is 2.24. The lowest BCUT2D eigenvalue weighted by molar-refractivity contribution is -0.137. The summed E-state index contributed by atoms with van der Waals surface area (Å²) in [7, 11) is 0. The van der Waals surface area contributed by atoms with Gasteiger partial charge in [0.2, 0.25) is 5.91 Å². The molecule has 2 saturated heterocycles. The monoisotopic (exact) mass is 212 g/mol. The molecule has 2 aliphatic heterocycles. The molecule has 0 aromatic heterocycles. The van der Waals surface area contributed by atoms with E-state index < -0.39 is 0 Å². The Balaban J connectivity index is 2.00. The van der Waals surface area contributed by atoms with Crippen molar-refractivity contribution in [2.75, 3.05) is 26.2 Å². The van der Waals surface area contributed by atoms with Gasteiger partial charge in [-0.05, 0) is 25.3 Å². The number of rotatable bonds is 2. The van der Waals surface area contributed by atoms with E-state index >= 15 is 0 Å². The number of aliphatic hydroxyl groups is 1. The Labute approximate surface area is 90.6 Å². The van der Waals surface area contributed by atoms with Crippen molar-refractivity contribution in [1.82, 2.24) is 10.2 Å². The van der Waals surface area contributed by atoms with Crippen molar-refractivity contribution in [3.63, 3.8) is 0 Å². The molecule has 4 heteroatoms. The third kappa shape index (κ3) is 2.01. The van der Waals surface area contributed by atoms with Gasteiger partial charge in [0.1, 0.15) is 0 Å². The van der Waals surface area contributed by atoms with Crippen molar-refractivity contribution in [1.29, 1.82) is 0 Å². The van der Waals surface area contributed by atoms with E-state index in [-0.39, 0.29) is 24.5 Å². The van der Waals surface area contributed by atoms with Crippen molar-refractivity contribution in [2.45, 2.75) is 25.8 Å². The first-order valence-electron chi connectivity index (χ1n) is 5.86. The standard InChI is InChI=1S/C11H20N2O2/c1-8-5-12-6-10(8)11(15)13-4-2-3-9(13)7-14/h8-10,12,14H,2-7H2,1H3/t8-,9+,10-/m1/s1. The van der Waals surface area contributed by atoms with E-state index in [2.05, 4.69) is 12.2 Å². The van der Waals surface area contributed by atoms with Gasteiger partial charge in [0.15, 0.2) is 0 Å². The lowest BCUT2D eigenvalue weighted by Gasteiger charge is -2.27. The minimum absolute atomic E-state index is 0.0744. The maximum atomic E-state index is 12.2. The van der Waals surface area contributed by atoms with Gasteiger partial charge in [-0.1, -0.05) is 6.92 Å². The van der Waals surface area contributed by atoms with E-state index in [4.69, 9.17) is 0 Å². The number of hydrogen-bond acceptors (Lipinski definition) is 3. The molecule has 3 atom stereocenters. The molecule has 0 radical (unpaired) electrons. The highest BCUT2D eigenvalue weighted by Gasteiger charge is 2.37. The lowest BCUT2D eigenvalue weighted by atomic mass is 9.96. The molecule has 2 rings (SSSR count). The van der Waals surface area contributed by atoms with Crippen LogP contribution in [-0.4, -0.2) is 48.2 Å². The second kappa shape index (κ2) is 4.49. The average molecular weight is 212 g/mol. The Morgan fingerprint density at radius 1 is 1.53 bits per heavy atom. The van der Waals surface area contributed by atoms with Crippen LogP contribution in [0.1, 0.15) is 19.8 Å². The first-order chi connectivity index (χ1) is 7.24. The van der Waals surface area contributed by atoms with E-state index in [0.717, 1.165) is 32.5 Å². The third-order valence-electron chi connectivity index (χ3n) is 3.71. The fraction of sp³-hybridized carbons (Fsp3) is 0.909.